The van der Waals surface area contributed by atoms with Crippen LogP contribution in [-0.2, 0) is 4.74 Å². The maximum atomic E-state index is 13.7. The Morgan fingerprint density at radius 1 is 1.07 bits per heavy atom. The predicted octanol–water partition coefficient (Wildman–Crippen LogP) is 0.0613. The van der Waals surface area contributed by atoms with E-state index in [0.29, 0.717) is 30.7 Å². The zero-order valence-electron chi connectivity index (χ0n) is 20.7. The molecule has 0 bridgehead atoms. The van der Waals surface area contributed by atoms with Gasteiger partial charge in [-0.05, 0) is 6.07 Å². The van der Waals surface area contributed by atoms with Gasteiger partial charge in [-0.25, -0.2) is 24.7 Å². The summed E-state index contributed by atoms with van der Waals surface area (Å²) in [6.07, 6.45) is -0.0442. The van der Waals surface area contributed by atoms with Crippen LogP contribution in [0, 0.1) is 16.3 Å². The molecule has 12 N–H and O–H groups in total. The Morgan fingerprint density at radius 2 is 1.71 bits per heavy atom. The molecule has 6 rings (SSSR count). The molecule has 0 saturated carbocycles. The molecule has 41 heavy (non-hydrogen) atoms. The van der Waals surface area contributed by atoms with Crippen molar-refractivity contribution in [1.29, 1.82) is 0 Å². The van der Waals surface area contributed by atoms with Crippen molar-refractivity contribution in [2.45, 2.75) is 24.4 Å². The number of aromatic amines is 4. The second-order valence-electron chi connectivity index (χ2n) is 7.76. The number of imidazole rings is 2. The van der Waals surface area contributed by atoms with E-state index in [4.69, 9.17) is 45.7 Å². The number of nitrogens with one attached hydrogen (secondary N) is 4. The number of hydrogen-bond acceptors (Lipinski definition) is 14. The minimum absolute atomic E-state index is 0.114. The van der Waals surface area contributed by atoms with Crippen molar-refractivity contribution < 1.29 is 23.7 Å². The number of fused-ring (bicyclic) bond motifs is 2. The molecule has 1 fully saturated rings. The van der Waals surface area contributed by atoms with Crippen LogP contribution in [0.1, 0.15) is 6.23 Å². The predicted molar refractivity (Wildman–Crippen MR) is 147 cm³/mol. The summed E-state index contributed by atoms with van der Waals surface area (Å²) in [5.41, 5.74) is 16.7. The van der Waals surface area contributed by atoms with E-state index >= 15 is 0 Å². The van der Waals surface area contributed by atoms with E-state index < -0.39 is 36.7 Å². The third-order valence-electron chi connectivity index (χ3n) is 5.21. The van der Waals surface area contributed by atoms with Gasteiger partial charge in [-0.3, -0.25) is 4.57 Å². The highest BCUT2D eigenvalue weighted by Gasteiger charge is 2.59. The number of alkyl halides is 2. The highest BCUT2D eigenvalue weighted by molar-refractivity contribution is 7.71. The molecule has 5 aromatic rings. The van der Waals surface area contributed by atoms with Gasteiger partial charge in [0, 0.05) is 13.2 Å². The van der Waals surface area contributed by atoms with Crippen LogP contribution in [-0.4, -0.2) is 84.4 Å². The van der Waals surface area contributed by atoms with Crippen molar-refractivity contribution in [3.8, 4) is 0 Å². The molecule has 1 saturated heterocycles. The Hall–Kier alpha value is -4.28. The second kappa shape index (κ2) is 13.4. The molecule has 17 nitrogen and oxygen atoms in total. The number of anilines is 2. The zero-order valence-corrected chi connectivity index (χ0v) is 22.4. The van der Waals surface area contributed by atoms with Crippen LogP contribution in [0.5, 0.6) is 0 Å². The van der Waals surface area contributed by atoms with Crippen LogP contribution < -0.4 is 22.9 Å². The summed E-state index contributed by atoms with van der Waals surface area (Å²) >= 11 is 9.85. The van der Waals surface area contributed by atoms with Gasteiger partial charge in [-0.15, -0.1) is 0 Å². The first-order valence-electron chi connectivity index (χ1n) is 11.2. The van der Waals surface area contributed by atoms with E-state index in [9.17, 15) is 18.7 Å². The van der Waals surface area contributed by atoms with Gasteiger partial charge in [0.2, 0.25) is 12.2 Å². The van der Waals surface area contributed by atoms with Gasteiger partial charge < -0.3 is 52.1 Å². The van der Waals surface area contributed by atoms with Gasteiger partial charge in [-0.2, -0.15) is 13.8 Å². The molecule has 0 aliphatic carbocycles. The Bertz CT molecular complexity index is 1770. The fourth-order valence-corrected chi connectivity index (χ4v) is 3.82. The first-order valence-corrected chi connectivity index (χ1v) is 12.0. The summed E-state index contributed by atoms with van der Waals surface area (Å²) in [6.45, 7) is -0.787. The third-order valence-corrected chi connectivity index (χ3v) is 5.83. The fourth-order valence-electron chi connectivity index (χ4n) is 3.37. The van der Waals surface area contributed by atoms with E-state index in [1.165, 1.54) is 12.7 Å². The van der Waals surface area contributed by atoms with Crippen molar-refractivity contribution in [3.63, 3.8) is 0 Å². The number of aliphatic hydroxyl groups excluding tert-OH is 2. The normalized spacial score (nSPS) is 18.9. The average Bonchev–Trinajstić information content (AvgIpc) is 3.66. The molecule has 0 unspecified atom stereocenters. The Morgan fingerprint density at radius 3 is 2.32 bits per heavy atom. The highest BCUT2D eigenvalue weighted by Crippen LogP contribution is 2.41. The number of nitrogens with two attached hydrogens (primary N) is 3. The van der Waals surface area contributed by atoms with Gasteiger partial charge in [0.25, 0.3) is 0 Å². The quantitative estimate of drug-likeness (QED) is 0.119. The van der Waals surface area contributed by atoms with Gasteiger partial charge in [0.1, 0.15) is 27.6 Å². The van der Waals surface area contributed by atoms with E-state index in [0.717, 1.165) is 17.8 Å². The Labute approximate surface area is 237 Å². The minimum atomic E-state index is -3.71. The molecule has 1 aliphatic rings. The Balaban J connectivity index is 0.000000173. The van der Waals surface area contributed by atoms with Crippen molar-refractivity contribution in [3.05, 3.63) is 58.1 Å². The molecule has 0 aromatic carbocycles. The number of ether oxygens (including phenoxy) is 1. The standard InChI is InChI=1S/C9H11F2N3O4.C5H5N5S.C5H4N4S.CH4N/c10-9(11)6(16)4(3-15)18-7(9)14-2-1-5(12)13-8(14)17;6-5-9-3-2(4(11)10-5)7-1-8-3;10-5-3-4(7-1-6-3)8-2-9-5;1-2/h1-2,4,6-7,15-16H,3H2,(H2,12,13,17);1H,(H4,6,7,8,9,10,11);1-2H,(H2,6,7,8,9,10);1-2H2/t4-,6-,7-;;;/m1.../s1. The molecule has 0 amide bonds. The van der Waals surface area contributed by atoms with Gasteiger partial charge in [-0.1, -0.05) is 24.4 Å². The molecular weight excluding hydrogens is 588 g/mol. The van der Waals surface area contributed by atoms with Crippen LogP contribution in [0.15, 0.2) is 36.0 Å². The second-order valence-corrected chi connectivity index (χ2v) is 8.55. The smallest absolute Gasteiger partial charge is 0.351 e. The first kappa shape index (κ1) is 31.3. The summed E-state index contributed by atoms with van der Waals surface area (Å²) < 4.78 is 33.8. The topological polar surface area (TPSA) is 277 Å². The molecular formula is C20H24F2N13O4S2. The molecule has 219 valence electrons. The molecule has 5 aromatic heterocycles. The number of hydrogen-bond donors (Lipinski definition) is 9. The van der Waals surface area contributed by atoms with E-state index in [2.05, 4.69) is 57.6 Å². The summed E-state index contributed by atoms with van der Waals surface area (Å²) in [5, 5.41) is 18.1. The van der Waals surface area contributed by atoms with Gasteiger partial charge >= 0.3 is 11.6 Å². The van der Waals surface area contributed by atoms with Crippen LogP contribution in [0.3, 0.4) is 0 Å². The van der Waals surface area contributed by atoms with Crippen LogP contribution in [0.4, 0.5) is 20.5 Å². The van der Waals surface area contributed by atoms with Crippen LogP contribution >= 0.6 is 24.4 Å². The Kier molecular flexibility index (Phi) is 10.2. The molecule has 0 spiro atoms. The lowest BCUT2D eigenvalue weighted by Crippen LogP contribution is -2.41. The summed E-state index contributed by atoms with van der Waals surface area (Å²) in [7, 11) is 2.75. The minimum Gasteiger partial charge on any atom is -0.394 e. The number of nitrogens with zero attached hydrogens (tertiary/aromatic N) is 6. The van der Waals surface area contributed by atoms with E-state index in [-0.39, 0.29) is 11.8 Å². The van der Waals surface area contributed by atoms with Crippen LogP contribution in [0.25, 0.3) is 22.3 Å². The van der Waals surface area contributed by atoms with Crippen molar-refractivity contribution >= 4 is 58.5 Å². The maximum absolute atomic E-state index is 13.7. The third kappa shape index (κ3) is 6.90. The monoisotopic (exact) mass is 612 g/mol. The van der Waals surface area contributed by atoms with E-state index in [1.54, 1.807) is 6.33 Å². The summed E-state index contributed by atoms with van der Waals surface area (Å²) in [6, 6.07) is 1.15. The van der Waals surface area contributed by atoms with Crippen LogP contribution in [0.2, 0.25) is 0 Å². The lowest BCUT2D eigenvalue weighted by atomic mass is 10.1. The number of rotatable bonds is 2. The number of halogens is 2. The van der Waals surface area contributed by atoms with Gasteiger partial charge in [0.05, 0.1) is 25.6 Å². The molecule has 1 radical (unpaired) electrons. The number of nitrogen functional groups attached to an aromatic ring is 2. The SMILES string of the molecule is Nc1ccn([C@@H]2O[C@H](CO)[C@@H](O)C2(F)F)c(=O)n1.Nc1nc(=S)c2[nH]cnc2[nH]1.S=c1[nH]cnc2nc[nH]c12.[CH2]N. The first-order chi connectivity index (χ1) is 19.5. The maximum Gasteiger partial charge on any atom is 0.351 e. The van der Waals surface area contributed by atoms with Gasteiger partial charge in [0.15, 0.2) is 22.0 Å². The fraction of sp³-hybridized carbons (Fsp3) is 0.250. The largest absolute Gasteiger partial charge is 0.394 e. The lowest BCUT2D eigenvalue weighted by molar-refractivity contribution is -0.140. The molecule has 3 atom stereocenters. The van der Waals surface area contributed by atoms with Crippen molar-refractivity contribution in [1.82, 2.24) is 49.4 Å². The number of aliphatic hydroxyl groups is 2. The van der Waals surface area contributed by atoms with Crippen molar-refractivity contribution in [2.24, 2.45) is 5.73 Å². The summed E-state index contributed by atoms with van der Waals surface area (Å²) in [4.78, 5) is 41.7. The van der Waals surface area contributed by atoms with Crippen molar-refractivity contribution in [2.75, 3.05) is 18.1 Å². The highest BCUT2D eigenvalue weighted by atomic mass is 32.1. The molecule has 1 aliphatic heterocycles. The molecule has 21 heteroatoms. The zero-order chi connectivity index (χ0) is 30.3. The number of H-pyrrole nitrogens is 4. The lowest BCUT2D eigenvalue weighted by Gasteiger charge is -2.20. The average molecular weight is 613 g/mol. The summed E-state index contributed by atoms with van der Waals surface area (Å²) in [5.74, 6) is -3.54. The molecule has 6 heterocycles. The van der Waals surface area contributed by atoms with E-state index in [1.807, 2.05) is 0 Å². The number of aromatic nitrogens is 10.